The fourth-order valence-electron chi connectivity index (χ4n) is 4.48. The second-order valence-electron chi connectivity index (χ2n) is 9.14. The molecule has 1 unspecified atom stereocenters. The van der Waals surface area contributed by atoms with Crippen molar-refractivity contribution in [3.63, 3.8) is 0 Å². The molecule has 1 aliphatic heterocycles. The third-order valence-electron chi connectivity index (χ3n) is 6.68. The minimum atomic E-state index is -3.79. The highest BCUT2D eigenvalue weighted by Gasteiger charge is 2.29. The van der Waals surface area contributed by atoms with E-state index in [0.29, 0.717) is 40.8 Å². The number of sulfonamides is 1. The number of rotatable bonds is 8. The lowest BCUT2D eigenvalue weighted by atomic mass is 10.2. The van der Waals surface area contributed by atoms with Crippen molar-refractivity contribution >= 4 is 48.3 Å². The summed E-state index contributed by atoms with van der Waals surface area (Å²) in [6.45, 7) is 3.03. The standard InChI is InChI=1S/C28H29N3O5S2/c1-19-11-16-24(35-3)25-26(19)37-28(29-25)31(18-22-10-7-17-36-22)27(32)20-12-14-23(15-13-20)38(33,34)30(2)21-8-5-4-6-9-21/h4-6,8-9,11-16,22H,7,10,17-18H2,1-3H3. The molecule has 1 aromatic heterocycles. The van der Waals surface area contributed by atoms with Gasteiger partial charge in [0, 0.05) is 19.2 Å². The quantitative estimate of drug-likeness (QED) is 0.297. The van der Waals surface area contributed by atoms with Crippen LogP contribution in [0.2, 0.25) is 0 Å². The lowest BCUT2D eigenvalue weighted by molar-refractivity contribution is 0.0917. The highest BCUT2D eigenvalue weighted by molar-refractivity contribution is 7.92. The molecule has 0 bridgehead atoms. The molecule has 10 heteroatoms. The predicted molar refractivity (Wildman–Crippen MR) is 150 cm³/mol. The fourth-order valence-corrected chi connectivity index (χ4v) is 6.73. The Morgan fingerprint density at radius 3 is 2.50 bits per heavy atom. The molecule has 3 aromatic carbocycles. The van der Waals surface area contributed by atoms with Gasteiger partial charge in [-0.3, -0.25) is 14.0 Å². The number of methoxy groups -OCH3 is 1. The minimum absolute atomic E-state index is 0.0897. The van der Waals surface area contributed by atoms with E-state index in [-0.39, 0.29) is 16.9 Å². The zero-order valence-corrected chi connectivity index (χ0v) is 23.1. The predicted octanol–water partition coefficient (Wildman–Crippen LogP) is 5.26. The number of nitrogens with zero attached hydrogens (tertiary/aromatic N) is 3. The number of anilines is 2. The van der Waals surface area contributed by atoms with Gasteiger partial charge < -0.3 is 9.47 Å². The van der Waals surface area contributed by atoms with E-state index in [1.807, 2.05) is 25.1 Å². The second-order valence-corrected chi connectivity index (χ2v) is 12.1. The number of hydrogen-bond donors (Lipinski definition) is 0. The Hall–Kier alpha value is -3.47. The van der Waals surface area contributed by atoms with Gasteiger partial charge in [-0.25, -0.2) is 13.4 Å². The maximum absolute atomic E-state index is 13.8. The van der Waals surface area contributed by atoms with Gasteiger partial charge in [0.15, 0.2) is 5.13 Å². The summed E-state index contributed by atoms with van der Waals surface area (Å²) in [5.41, 5.74) is 2.68. The maximum atomic E-state index is 13.8. The number of carbonyl (C=O) groups is 1. The van der Waals surface area contributed by atoms with E-state index in [2.05, 4.69) is 0 Å². The van der Waals surface area contributed by atoms with Crippen molar-refractivity contribution in [2.45, 2.75) is 30.8 Å². The summed E-state index contributed by atoms with van der Waals surface area (Å²) in [5.74, 6) is 0.381. The number of fused-ring (bicyclic) bond motifs is 1. The van der Waals surface area contributed by atoms with Gasteiger partial charge in [-0.2, -0.15) is 0 Å². The van der Waals surface area contributed by atoms with Gasteiger partial charge >= 0.3 is 0 Å². The smallest absolute Gasteiger partial charge is 0.264 e. The average molecular weight is 552 g/mol. The van der Waals surface area contributed by atoms with Crippen LogP contribution in [-0.2, 0) is 14.8 Å². The topological polar surface area (TPSA) is 89.0 Å². The zero-order chi connectivity index (χ0) is 26.9. The van der Waals surface area contributed by atoms with Gasteiger partial charge in [-0.1, -0.05) is 35.6 Å². The monoisotopic (exact) mass is 551 g/mol. The SMILES string of the molecule is COc1ccc(C)c2sc(N(CC3CCCO3)C(=O)c3ccc(S(=O)(=O)N(C)c4ccccc4)cc3)nc12. The van der Waals surface area contributed by atoms with Gasteiger partial charge in [0.25, 0.3) is 15.9 Å². The Kier molecular flexibility index (Phi) is 7.38. The first-order chi connectivity index (χ1) is 18.3. The van der Waals surface area contributed by atoms with Crippen LogP contribution in [0.3, 0.4) is 0 Å². The molecule has 4 aromatic rings. The Bertz CT molecular complexity index is 1550. The Morgan fingerprint density at radius 2 is 1.84 bits per heavy atom. The Labute approximate surface area is 226 Å². The minimum Gasteiger partial charge on any atom is -0.494 e. The number of ether oxygens (including phenoxy) is 2. The van der Waals surface area contributed by atoms with Crippen LogP contribution >= 0.6 is 11.3 Å². The highest BCUT2D eigenvalue weighted by atomic mass is 32.2. The summed E-state index contributed by atoms with van der Waals surface area (Å²) < 4.78 is 39.9. The van der Waals surface area contributed by atoms with Gasteiger partial charge in [0.05, 0.1) is 35.0 Å². The van der Waals surface area contributed by atoms with E-state index >= 15 is 0 Å². The molecule has 198 valence electrons. The van der Waals surface area contributed by atoms with Crippen molar-refractivity contribution in [1.82, 2.24) is 4.98 Å². The van der Waals surface area contributed by atoms with E-state index in [9.17, 15) is 13.2 Å². The third-order valence-corrected chi connectivity index (χ3v) is 9.69. The number of amides is 1. The number of aryl methyl sites for hydroxylation is 1. The van der Waals surface area contributed by atoms with Crippen molar-refractivity contribution < 1.29 is 22.7 Å². The molecule has 0 spiro atoms. The first-order valence-electron chi connectivity index (χ1n) is 12.3. The van der Waals surface area contributed by atoms with Gasteiger partial charge in [-0.15, -0.1) is 0 Å². The molecule has 2 heterocycles. The zero-order valence-electron chi connectivity index (χ0n) is 21.5. The van der Waals surface area contributed by atoms with Crippen molar-refractivity contribution in [2.75, 3.05) is 36.5 Å². The molecule has 8 nitrogen and oxygen atoms in total. The average Bonchev–Trinajstić information content (AvgIpc) is 3.62. The first-order valence-corrected chi connectivity index (χ1v) is 14.6. The summed E-state index contributed by atoms with van der Waals surface area (Å²) >= 11 is 1.43. The van der Waals surface area contributed by atoms with E-state index in [0.717, 1.165) is 23.1 Å². The molecule has 1 saturated heterocycles. The molecule has 1 atom stereocenters. The molecule has 0 aliphatic carbocycles. The van der Waals surface area contributed by atoms with Crippen LogP contribution in [-0.4, -0.2) is 52.7 Å². The van der Waals surface area contributed by atoms with Gasteiger partial charge in [0.2, 0.25) is 0 Å². The fraction of sp³-hybridized carbons (Fsp3) is 0.286. The maximum Gasteiger partial charge on any atom is 0.264 e. The van der Waals surface area contributed by atoms with Crippen LogP contribution in [0.15, 0.2) is 71.6 Å². The third kappa shape index (κ3) is 4.99. The number of aromatic nitrogens is 1. The van der Waals surface area contributed by atoms with Crippen molar-refractivity contribution in [3.05, 3.63) is 77.9 Å². The normalized spacial score (nSPS) is 15.5. The van der Waals surface area contributed by atoms with Crippen LogP contribution in [0.25, 0.3) is 10.2 Å². The van der Waals surface area contributed by atoms with E-state index in [1.165, 1.54) is 34.8 Å². The lowest BCUT2D eigenvalue weighted by Gasteiger charge is -2.23. The molecule has 5 rings (SSSR count). The van der Waals surface area contributed by atoms with Gasteiger partial charge in [0.1, 0.15) is 11.3 Å². The number of carbonyl (C=O) groups excluding carboxylic acids is 1. The Morgan fingerprint density at radius 1 is 1.11 bits per heavy atom. The molecule has 1 amide bonds. The van der Waals surface area contributed by atoms with Crippen LogP contribution in [0, 0.1) is 6.92 Å². The van der Waals surface area contributed by atoms with Crippen molar-refractivity contribution in [2.24, 2.45) is 0 Å². The summed E-state index contributed by atoms with van der Waals surface area (Å²) in [6.07, 6.45) is 1.72. The molecule has 38 heavy (non-hydrogen) atoms. The summed E-state index contributed by atoms with van der Waals surface area (Å²) in [4.78, 5) is 20.3. The number of hydrogen-bond acceptors (Lipinski definition) is 7. The van der Waals surface area contributed by atoms with Crippen LogP contribution < -0.4 is 13.9 Å². The van der Waals surface area contributed by atoms with E-state index in [4.69, 9.17) is 14.5 Å². The first kappa shape index (κ1) is 26.1. The largest absolute Gasteiger partial charge is 0.494 e. The molecule has 0 N–H and O–H groups in total. The number of benzene rings is 3. The van der Waals surface area contributed by atoms with E-state index < -0.39 is 10.0 Å². The van der Waals surface area contributed by atoms with Crippen LogP contribution in [0.1, 0.15) is 28.8 Å². The summed E-state index contributed by atoms with van der Waals surface area (Å²) in [7, 11) is -0.680. The Balaban J connectivity index is 1.47. The highest BCUT2D eigenvalue weighted by Crippen LogP contribution is 2.37. The second kappa shape index (κ2) is 10.7. The van der Waals surface area contributed by atoms with Crippen molar-refractivity contribution in [3.8, 4) is 5.75 Å². The van der Waals surface area contributed by atoms with Crippen LogP contribution in [0.5, 0.6) is 5.75 Å². The van der Waals surface area contributed by atoms with E-state index in [1.54, 1.807) is 48.4 Å². The van der Waals surface area contributed by atoms with Crippen LogP contribution in [0.4, 0.5) is 10.8 Å². The number of thiazole rings is 1. The summed E-state index contributed by atoms with van der Waals surface area (Å²) in [5, 5.41) is 0.550. The number of para-hydroxylation sites is 1. The molecule has 1 aliphatic rings. The molecule has 0 radical (unpaired) electrons. The van der Waals surface area contributed by atoms with Gasteiger partial charge in [-0.05, 0) is 67.8 Å². The van der Waals surface area contributed by atoms with Crippen molar-refractivity contribution in [1.29, 1.82) is 0 Å². The summed E-state index contributed by atoms with van der Waals surface area (Å²) in [6, 6.07) is 18.7. The molecule has 0 saturated carbocycles. The molecular weight excluding hydrogens is 522 g/mol. The lowest BCUT2D eigenvalue weighted by Crippen LogP contribution is -2.37. The molecular formula is C28H29N3O5S2. The molecule has 1 fully saturated rings.